The molecule has 3 N–H and O–H groups in total. The van der Waals surface area contributed by atoms with E-state index >= 15 is 0 Å². The lowest BCUT2D eigenvalue weighted by Crippen LogP contribution is -2.46. The molecule has 0 heterocycles. The summed E-state index contributed by atoms with van der Waals surface area (Å²) in [6.45, 7) is 0.0755. The van der Waals surface area contributed by atoms with E-state index in [1.165, 1.54) is 12.1 Å². The summed E-state index contributed by atoms with van der Waals surface area (Å²) < 4.78 is 13.1. The maximum absolute atomic E-state index is 13.1. The molecule has 1 aromatic carbocycles. The smallest absolute Gasteiger partial charge is 0.319 e. The Morgan fingerprint density at radius 3 is 2.91 bits per heavy atom. The van der Waals surface area contributed by atoms with Gasteiger partial charge in [0.15, 0.2) is 0 Å². The van der Waals surface area contributed by atoms with E-state index in [-0.39, 0.29) is 29.8 Å². The van der Waals surface area contributed by atoms with Crippen molar-refractivity contribution in [3.05, 3.63) is 29.6 Å². The molecule has 2 amide bonds. The number of carbonyl (C=O) groups is 1. The first-order valence-electron chi connectivity index (χ1n) is 7.50. The van der Waals surface area contributed by atoms with Gasteiger partial charge in [-0.1, -0.05) is 0 Å². The zero-order valence-electron chi connectivity index (χ0n) is 12.1. The molecule has 2 bridgehead atoms. The van der Waals surface area contributed by atoms with Crippen molar-refractivity contribution in [1.29, 1.82) is 5.26 Å². The lowest BCUT2D eigenvalue weighted by Gasteiger charge is -2.30. The fourth-order valence-corrected chi connectivity index (χ4v) is 3.93. The minimum Gasteiger partial charge on any atom is -0.396 e. The molecule has 116 valence electrons. The van der Waals surface area contributed by atoms with Gasteiger partial charge in [0.2, 0.25) is 0 Å². The zero-order chi connectivity index (χ0) is 15.7. The first kappa shape index (κ1) is 14.8. The van der Waals surface area contributed by atoms with Gasteiger partial charge in [0.25, 0.3) is 0 Å². The number of nitrogens with one attached hydrogen (secondary N) is 2. The van der Waals surface area contributed by atoms with Crippen molar-refractivity contribution in [3.8, 4) is 6.07 Å². The first-order chi connectivity index (χ1) is 10.6. The molecule has 2 aliphatic carbocycles. The minimum atomic E-state index is -0.518. The fraction of sp³-hybridized carbons (Fsp3) is 0.500. The van der Waals surface area contributed by atoms with E-state index in [2.05, 4.69) is 10.6 Å². The van der Waals surface area contributed by atoms with Gasteiger partial charge in [-0.25, -0.2) is 9.18 Å². The number of rotatable bonds is 3. The number of halogens is 1. The van der Waals surface area contributed by atoms with Crippen LogP contribution in [-0.2, 0) is 0 Å². The average Bonchev–Trinajstić information content (AvgIpc) is 3.10. The van der Waals surface area contributed by atoms with Gasteiger partial charge in [-0.05, 0) is 49.3 Å². The Kier molecular flexibility index (Phi) is 3.99. The molecule has 3 rings (SSSR count). The average molecular weight is 303 g/mol. The second-order valence-corrected chi connectivity index (χ2v) is 6.11. The Morgan fingerprint density at radius 2 is 2.18 bits per heavy atom. The molecule has 0 spiro atoms. The summed E-state index contributed by atoms with van der Waals surface area (Å²) in [4.78, 5) is 12.2. The minimum absolute atomic E-state index is 0.0327. The van der Waals surface area contributed by atoms with Crippen molar-refractivity contribution in [1.82, 2.24) is 5.32 Å². The topological polar surface area (TPSA) is 85.2 Å². The number of amides is 2. The van der Waals surface area contributed by atoms with E-state index in [0.29, 0.717) is 11.8 Å². The highest BCUT2D eigenvalue weighted by atomic mass is 19.1. The number of nitrogens with zero attached hydrogens (tertiary/aromatic N) is 1. The standard InChI is InChI=1S/C16H18FN3O2/c17-12-3-4-14(11(6-12)7-18)19-16(22)20-15-10-2-1-9(5-10)13(15)8-21/h3-4,6,9-10,13,15,21H,1-2,5,8H2,(H2,19,20,22)/t9-,10-,13-,15+/m0/s1. The van der Waals surface area contributed by atoms with Crippen molar-refractivity contribution < 1.29 is 14.3 Å². The van der Waals surface area contributed by atoms with Gasteiger partial charge in [0.1, 0.15) is 11.9 Å². The van der Waals surface area contributed by atoms with Gasteiger partial charge in [-0.3, -0.25) is 0 Å². The van der Waals surface area contributed by atoms with Crippen molar-refractivity contribution >= 4 is 11.7 Å². The molecule has 0 saturated heterocycles. The molecule has 6 heteroatoms. The van der Waals surface area contributed by atoms with E-state index in [0.717, 1.165) is 25.3 Å². The van der Waals surface area contributed by atoms with E-state index in [9.17, 15) is 14.3 Å². The van der Waals surface area contributed by atoms with Crippen molar-refractivity contribution in [2.24, 2.45) is 17.8 Å². The number of carbonyl (C=O) groups excluding carboxylic acids is 1. The summed E-state index contributed by atoms with van der Waals surface area (Å²) in [6.07, 6.45) is 3.24. The molecular weight excluding hydrogens is 285 g/mol. The van der Waals surface area contributed by atoms with E-state index in [4.69, 9.17) is 5.26 Å². The van der Waals surface area contributed by atoms with Crippen LogP contribution in [0.25, 0.3) is 0 Å². The van der Waals surface area contributed by atoms with Crippen LogP contribution in [0.5, 0.6) is 0 Å². The van der Waals surface area contributed by atoms with Crippen LogP contribution >= 0.6 is 0 Å². The molecule has 0 radical (unpaired) electrons. The number of aliphatic hydroxyl groups excluding tert-OH is 1. The molecule has 1 aromatic rings. The number of hydrogen-bond donors (Lipinski definition) is 3. The zero-order valence-corrected chi connectivity index (χ0v) is 12.1. The lowest BCUT2D eigenvalue weighted by atomic mass is 9.85. The molecule has 0 unspecified atom stereocenters. The predicted molar refractivity (Wildman–Crippen MR) is 78.5 cm³/mol. The third-order valence-corrected chi connectivity index (χ3v) is 4.95. The summed E-state index contributed by atoms with van der Waals surface area (Å²) in [7, 11) is 0. The highest BCUT2D eigenvalue weighted by molar-refractivity contribution is 5.91. The van der Waals surface area contributed by atoms with Gasteiger partial charge in [0, 0.05) is 18.6 Å². The highest BCUT2D eigenvalue weighted by Crippen LogP contribution is 2.48. The first-order valence-corrected chi connectivity index (χ1v) is 7.50. The number of benzene rings is 1. The highest BCUT2D eigenvalue weighted by Gasteiger charge is 2.47. The largest absolute Gasteiger partial charge is 0.396 e. The van der Waals surface area contributed by atoms with Crippen LogP contribution in [0, 0.1) is 34.9 Å². The van der Waals surface area contributed by atoms with Crippen LogP contribution in [0.3, 0.4) is 0 Å². The number of anilines is 1. The van der Waals surface area contributed by atoms with Crippen molar-refractivity contribution in [2.45, 2.75) is 25.3 Å². The fourth-order valence-electron chi connectivity index (χ4n) is 3.93. The summed E-state index contributed by atoms with van der Waals surface area (Å²) in [6, 6.07) is 5.07. The normalized spacial score (nSPS) is 29.1. The van der Waals surface area contributed by atoms with E-state index in [1.807, 2.05) is 6.07 Å². The Labute approximate surface area is 128 Å². The SMILES string of the molecule is N#Cc1cc(F)ccc1NC(=O)N[C@@H]1[C@H]2CC[C@@H](C2)[C@@H]1CO. The number of fused-ring (bicyclic) bond motifs is 2. The summed E-state index contributed by atoms with van der Waals surface area (Å²) in [5.41, 5.74) is 0.368. The molecule has 0 aliphatic heterocycles. The van der Waals surface area contributed by atoms with Gasteiger partial charge in [0.05, 0.1) is 11.3 Å². The van der Waals surface area contributed by atoms with E-state index in [1.54, 1.807) is 0 Å². The van der Waals surface area contributed by atoms with Gasteiger partial charge >= 0.3 is 6.03 Å². The van der Waals surface area contributed by atoms with Gasteiger partial charge < -0.3 is 15.7 Å². The quantitative estimate of drug-likeness (QED) is 0.800. The number of hydrogen-bond acceptors (Lipinski definition) is 3. The van der Waals surface area contributed by atoms with Crippen LogP contribution in [-0.4, -0.2) is 23.8 Å². The molecule has 5 nitrogen and oxygen atoms in total. The second kappa shape index (κ2) is 5.93. The third-order valence-electron chi connectivity index (χ3n) is 4.95. The van der Waals surface area contributed by atoms with Crippen LogP contribution in [0.1, 0.15) is 24.8 Å². The monoisotopic (exact) mass is 303 g/mol. The predicted octanol–water partition coefficient (Wildman–Crippen LogP) is 2.23. The molecule has 2 aliphatic rings. The summed E-state index contributed by atoms with van der Waals surface area (Å²) in [5.74, 6) is 0.487. The van der Waals surface area contributed by atoms with E-state index < -0.39 is 11.8 Å². The summed E-state index contributed by atoms with van der Waals surface area (Å²) in [5, 5.41) is 24.0. The molecule has 2 fully saturated rings. The molecule has 0 aromatic heterocycles. The van der Waals surface area contributed by atoms with Crippen molar-refractivity contribution in [2.75, 3.05) is 11.9 Å². The Balaban J connectivity index is 1.67. The molecule has 4 atom stereocenters. The number of nitriles is 1. The Hall–Kier alpha value is -2.13. The lowest BCUT2D eigenvalue weighted by molar-refractivity contribution is 0.146. The second-order valence-electron chi connectivity index (χ2n) is 6.11. The summed E-state index contributed by atoms with van der Waals surface area (Å²) >= 11 is 0. The van der Waals surface area contributed by atoms with Crippen LogP contribution in [0.2, 0.25) is 0 Å². The van der Waals surface area contributed by atoms with Gasteiger partial charge in [-0.2, -0.15) is 5.26 Å². The maximum Gasteiger partial charge on any atom is 0.319 e. The van der Waals surface area contributed by atoms with Crippen LogP contribution < -0.4 is 10.6 Å². The molecular formula is C16H18FN3O2. The molecule has 2 saturated carbocycles. The Morgan fingerprint density at radius 1 is 1.41 bits per heavy atom. The number of urea groups is 1. The van der Waals surface area contributed by atoms with Crippen molar-refractivity contribution in [3.63, 3.8) is 0 Å². The van der Waals surface area contributed by atoms with Crippen LogP contribution in [0.4, 0.5) is 14.9 Å². The van der Waals surface area contributed by atoms with Gasteiger partial charge in [-0.15, -0.1) is 0 Å². The molecule has 22 heavy (non-hydrogen) atoms. The number of aliphatic hydroxyl groups is 1. The maximum atomic E-state index is 13.1. The third kappa shape index (κ3) is 2.64. The van der Waals surface area contributed by atoms with Crippen LogP contribution in [0.15, 0.2) is 18.2 Å². The Bertz CT molecular complexity index is 628.